The van der Waals surface area contributed by atoms with Crippen molar-refractivity contribution in [2.75, 3.05) is 0 Å². The fraction of sp³-hybridized carbons (Fsp3) is 0.0833. The molecule has 0 bridgehead atoms. The number of benzene rings is 1. The SMILES string of the molecule is c1ccc(SCc2ccncc2)cc1. The predicted octanol–water partition coefficient (Wildman–Crippen LogP) is 3.37. The van der Waals surface area contributed by atoms with Gasteiger partial charge in [-0.2, -0.15) is 0 Å². The molecule has 0 amide bonds. The molecule has 2 heteroatoms. The monoisotopic (exact) mass is 201 g/mol. The number of nitrogens with zero attached hydrogens (tertiary/aromatic N) is 1. The van der Waals surface area contributed by atoms with Crippen LogP contribution in [0.1, 0.15) is 5.56 Å². The molecule has 1 aromatic carbocycles. The van der Waals surface area contributed by atoms with E-state index in [-0.39, 0.29) is 0 Å². The van der Waals surface area contributed by atoms with E-state index >= 15 is 0 Å². The number of aromatic nitrogens is 1. The zero-order chi connectivity index (χ0) is 9.64. The summed E-state index contributed by atoms with van der Waals surface area (Å²) in [7, 11) is 0. The molecular formula is C12H11NS. The normalized spacial score (nSPS) is 10.0. The van der Waals surface area contributed by atoms with Crippen molar-refractivity contribution >= 4 is 11.8 Å². The highest BCUT2D eigenvalue weighted by Gasteiger charge is 1.93. The summed E-state index contributed by atoms with van der Waals surface area (Å²) in [5.74, 6) is 1.01. The zero-order valence-electron chi connectivity index (χ0n) is 7.76. The van der Waals surface area contributed by atoms with Crippen LogP contribution in [0.15, 0.2) is 59.8 Å². The molecule has 1 aromatic heterocycles. The molecule has 0 unspecified atom stereocenters. The van der Waals surface area contributed by atoms with Gasteiger partial charge in [-0.3, -0.25) is 4.98 Å². The number of rotatable bonds is 3. The lowest BCUT2D eigenvalue weighted by atomic mass is 10.3. The highest BCUT2D eigenvalue weighted by atomic mass is 32.2. The summed E-state index contributed by atoms with van der Waals surface area (Å²) < 4.78 is 0. The van der Waals surface area contributed by atoms with Gasteiger partial charge >= 0.3 is 0 Å². The summed E-state index contributed by atoms with van der Waals surface area (Å²) in [5, 5.41) is 0. The Labute approximate surface area is 88.2 Å². The molecule has 2 rings (SSSR count). The molecule has 0 N–H and O–H groups in total. The Morgan fingerprint density at radius 1 is 0.929 bits per heavy atom. The molecule has 1 heterocycles. The largest absolute Gasteiger partial charge is 0.265 e. The van der Waals surface area contributed by atoms with Gasteiger partial charge in [-0.15, -0.1) is 11.8 Å². The van der Waals surface area contributed by atoms with E-state index in [0.29, 0.717) is 0 Å². The van der Waals surface area contributed by atoms with E-state index in [9.17, 15) is 0 Å². The second-order valence-electron chi connectivity index (χ2n) is 2.96. The van der Waals surface area contributed by atoms with E-state index in [0.717, 1.165) is 5.75 Å². The molecule has 0 spiro atoms. The summed E-state index contributed by atoms with van der Waals surface area (Å²) >= 11 is 1.85. The van der Waals surface area contributed by atoms with Crippen molar-refractivity contribution in [2.24, 2.45) is 0 Å². The van der Waals surface area contributed by atoms with E-state index < -0.39 is 0 Å². The van der Waals surface area contributed by atoms with Gasteiger partial charge in [-0.25, -0.2) is 0 Å². The lowest BCUT2D eigenvalue weighted by Crippen LogP contribution is -1.80. The molecule has 0 aliphatic heterocycles. The van der Waals surface area contributed by atoms with Gasteiger partial charge in [0.2, 0.25) is 0 Å². The number of pyridine rings is 1. The molecular weight excluding hydrogens is 190 g/mol. The highest BCUT2D eigenvalue weighted by molar-refractivity contribution is 7.98. The van der Waals surface area contributed by atoms with E-state index in [2.05, 4.69) is 41.4 Å². The maximum Gasteiger partial charge on any atom is 0.0270 e. The smallest absolute Gasteiger partial charge is 0.0270 e. The fourth-order valence-corrected chi connectivity index (χ4v) is 2.04. The standard InChI is InChI=1S/C12H11NS/c1-2-4-12(5-3-1)14-10-11-6-8-13-9-7-11/h1-9H,10H2. The number of hydrogen-bond acceptors (Lipinski definition) is 2. The Morgan fingerprint density at radius 3 is 2.36 bits per heavy atom. The van der Waals surface area contributed by atoms with Crippen LogP contribution in [0.3, 0.4) is 0 Å². The predicted molar refractivity (Wildman–Crippen MR) is 60.2 cm³/mol. The lowest BCUT2D eigenvalue weighted by Gasteiger charge is -2.00. The Hall–Kier alpha value is -1.28. The second kappa shape index (κ2) is 4.82. The molecule has 14 heavy (non-hydrogen) atoms. The third-order valence-electron chi connectivity index (χ3n) is 1.90. The van der Waals surface area contributed by atoms with Crippen LogP contribution >= 0.6 is 11.8 Å². The van der Waals surface area contributed by atoms with Gasteiger partial charge in [0.1, 0.15) is 0 Å². The molecule has 1 nitrogen and oxygen atoms in total. The van der Waals surface area contributed by atoms with Crippen molar-refractivity contribution in [1.82, 2.24) is 4.98 Å². The van der Waals surface area contributed by atoms with Gasteiger partial charge in [-0.05, 0) is 29.8 Å². The van der Waals surface area contributed by atoms with Gasteiger partial charge in [0.25, 0.3) is 0 Å². The van der Waals surface area contributed by atoms with Crippen molar-refractivity contribution in [2.45, 2.75) is 10.6 Å². The highest BCUT2D eigenvalue weighted by Crippen LogP contribution is 2.21. The van der Waals surface area contributed by atoms with E-state index in [4.69, 9.17) is 0 Å². The number of hydrogen-bond donors (Lipinski definition) is 0. The van der Waals surface area contributed by atoms with Crippen molar-refractivity contribution in [3.05, 3.63) is 60.4 Å². The lowest BCUT2D eigenvalue weighted by molar-refractivity contribution is 1.27. The molecule has 0 aliphatic carbocycles. The fourth-order valence-electron chi connectivity index (χ4n) is 1.16. The zero-order valence-corrected chi connectivity index (χ0v) is 8.58. The van der Waals surface area contributed by atoms with Crippen LogP contribution < -0.4 is 0 Å². The molecule has 0 radical (unpaired) electrons. The van der Waals surface area contributed by atoms with Crippen LogP contribution in [0.4, 0.5) is 0 Å². The maximum atomic E-state index is 3.99. The topological polar surface area (TPSA) is 12.9 Å². The minimum absolute atomic E-state index is 1.01. The van der Waals surface area contributed by atoms with Gasteiger partial charge in [-0.1, -0.05) is 18.2 Å². The quantitative estimate of drug-likeness (QED) is 0.706. The molecule has 2 aromatic rings. The van der Waals surface area contributed by atoms with Gasteiger partial charge in [0.15, 0.2) is 0 Å². The van der Waals surface area contributed by atoms with Crippen molar-refractivity contribution in [3.63, 3.8) is 0 Å². The van der Waals surface area contributed by atoms with Crippen LogP contribution in [0, 0.1) is 0 Å². The van der Waals surface area contributed by atoms with Crippen LogP contribution in [0.2, 0.25) is 0 Å². The minimum Gasteiger partial charge on any atom is -0.265 e. The van der Waals surface area contributed by atoms with Gasteiger partial charge in [0.05, 0.1) is 0 Å². The number of thioether (sulfide) groups is 1. The first-order valence-corrected chi connectivity index (χ1v) is 5.50. The van der Waals surface area contributed by atoms with Crippen LogP contribution in [0.25, 0.3) is 0 Å². The summed E-state index contributed by atoms with van der Waals surface area (Å²) in [6.45, 7) is 0. The van der Waals surface area contributed by atoms with Crippen molar-refractivity contribution < 1.29 is 0 Å². The molecule has 0 fully saturated rings. The van der Waals surface area contributed by atoms with Gasteiger partial charge in [0, 0.05) is 23.0 Å². The molecule has 70 valence electrons. The first kappa shape index (κ1) is 9.28. The first-order chi connectivity index (χ1) is 6.95. The maximum absolute atomic E-state index is 3.99. The molecule has 0 atom stereocenters. The van der Waals surface area contributed by atoms with Crippen LogP contribution in [-0.4, -0.2) is 4.98 Å². The van der Waals surface area contributed by atoms with Crippen LogP contribution in [-0.2, 0) is 5.75 Å². The van der Waals surface area contributed by atoms with E-state index in [1.54, 1.807) is 0 Å². The Kier molecular flexibility index (Phi) is 3.19. The summed E-state index contributed by atoms with van der Waals surface area (Å²) in [4.78, 5) is 5.30. The van der Waals surface area contributed by atoms with Crippen molar-refractivity contribution in [1.29, 1.82) is 0 Å². The third-order valence-corrected chi connectivity index (χ3v) is 2.98. The Balaban J connectivity index is 1.96. The van der Waals surface area contributed by atoms with E-state index in [1.165, 1.54) is 10.5 Å². The second-order valence-corrected chi connectivity index (χ2v) is 4.01. The Bertz CT molecular complexity index is 333. The van der Waals surface area contributed by atoms with Gasteiger partial charge < -0.3 is 0 Å². The average molecular weight is 201 g/mol. The first-order valence-electron chi connectivity index (χ1n) is 4.52. The Morgan fingerprint density at radius 2 is 1.64 bits per heavy atom. The third kappa shape index (κ3) is 2.60. The van der Waals surface area contributed by atoms with E-state index in [1.807, 2.05) is 30.2 Å². The summed E-state index contributed by atoms with van der Waals surface area (Å²) in [5.41, 5.74) is 1.31. The van der Waals surface area contributed by atoms with Crippen LogP contribution in [0.5, 0.6) is 0 Å². The summed E-state index contributed by atoms with van der Waals surface area (Å²) in [6, 6.07) is 14.5. The average Bonchev–Trinajstić information content (AvgIpc) is 2.29. The van der Waals surface area contributed by atoms with Crippen molar-refractivity contribution in [3.8, 4) is 0 Å². The minimum atomic E-state index is 1.01. The molecule has 0 saturated carbocycles. The molecule has 0 saturated heterocycles. The molecule has 0 aliphatic rings. The summed E-state index contributed by atoms with van der Waals surface area (Å²) in [6.07, 6.45) is 3.67.